The van der Waals surface area contributed by atoms with Crippen LogP contribution in [0.5, 0.6) is 0 Å². The Morgan fingerprint density at radius 2 is 1.97 bits per heavy atom. The van der Waals surface area contributed by atoms with Gasteiger partial charge >= 0.3 is 6.18 Å². The minimum Gasteiger partial charge on any atom is -0.370 e. The molecule has 2 fully saturated rings. The van der Waals surface area contributed by atoms with Gasteiger partial charge in [-0.05, 0) is 56.3 Å². The molecule has 0 bridgehead atoms. The van der Waals surface area contributed by atoms with E-state index in [1.54, 1.807) is 11.9 Å². The third kappa shape index (κ3) is 4.85. The zero-order chi connectivity index (χ0) is 21.3. The highest BCUT2D eigenvalue weighted by atomic mass is 19.4. The van der Waals surface area contributed by atoms with Crippen molar-refractivity contribution in [2.45, 2.75) is 51.4 Å². The molecule has 162 valence electrons. The summed E-state index contributed by atoms with van der Waals surface area (Å²) in [7, 11) is 1.76. The summed E-state index contributed by atoms with van der Waals surface area (Å²) >= 11 is 0. The van der Waals surface area contributed by atoms with Gasteiger partial charge in [0.05, 0.1) is 11.6 Å². The summed E-state index contributed by atoms with van der Waals surface area (Å²) in [5.41, 5.74) is -0.920. The molecule has 1 saturated carbocycles. The Balaban J connectivity index is 1.71. The molecule has 4 nitrogen and oxygen atoms in total. The molecule has 4 atom stereocenters. The number of halogens is 4. The first-order chi connectivity index (χ1) is 13.6. The number of benzene rings is 1. The predicted molar refractivity (Wildman–Crippen MR) is 104 cm³/mol. The molecule has 29 heavy (non-hydrogen) atoms. The first kappa shape index (κ1) is 21.9. The van der Waals surface area contributed by atoms with E-state index in [0.717, 1.165) is 25.3 Å². The maximum absolute atomic E-state index is 13.4. The summed E-state index contributed by atoms with van der Waals surface area (Å²) < 4.78 is 53.6. The van der Waals surface area contributed by atoms with Crippen LogP contribution >= 0.6 is 0 Å². The Morgan fingerprint density at radius 1 is 1.24 bits per heavy atom. The van der Waals surface area contributed by atoms with E-state index < -0.39 is 17.6 Å². The number of nitrogens with zero attached hydrogens (tertiary/aromatic N) is 1. The fourth-order valence-corrected chi connectivity index (χ4v) is 4.76. The number of hydrogen-bond acceptors (Lipinski definition) is 3. The number of hydrogen-bond donors (Lipinski definition) is 2. The zero-order valence-electron chi connectivity index (χ0n) is 17.0. The third-order valence-electron chi connectivity index (χ3n) is 6.16. The highest BCUT2D eigenvalue weighted by Crippen LogP contribution is 2.44. The first-order valence-electron chi connectivity index (χ1n) is 10.2. The molecule has 3 rings (SSSR count). The number of fused-ring (bicyclic) bond motifs is 1. The van der Waals surface area contributed by atoms with Crippen LogP contribution < -0.4 is 15.5 Å². The normalized spacial score (nSPS) is 25.4. The van der Waals surface area contributed by atoms with E-state index in [4.69, 9.17) is 0 Å². The van der Waals surface area contributed by atoms with Gasteiger partial charge in [-0.15, -0.1) is 0 Å². The van der Waals surface area contributed by atoms with E-state index in [2.05, 4.69) is 24.5 Å². The first-order valence-corrected chi connectivity index (χ1v) is 10.2. The Labute approximate surface area is 169 Å². The number of carbonyl (C=O) groups is 1. The van der Waals surface area contributed by atoms with Crippen LogP contribution in [0.4, 0.5) is 23.2 Å². The van der Waals surface area contributed by atoms with Crippen LogP contribution in [0.3, 0.4) is 0 Å². The second kappa shape index (κ2) is 8.50. The van der Waals surface area contributed by atoms with Crippen molar-refractivity contribution in [1.82, 2.24) is 10.6 Å². The fraction of sp³-hybridized carbons (Fsp3) is 0.667. The molecule has 0 radical (unpaired) electrons. The van der Waals surface area contributed by atoms with Gasteiger partial charge in [0.15, 0.2) is 0 Å². The molecule has 2 aliphatic rings. The van der Waals surface area contributed by atoms with Gasteiger partial charge in [-0.2, -0.15) is 13.2 Å². The van der Waals surface area contributed by atoms with Crippen molar-refractivity contribution in [2.75, 3.05) is 25.0 Å². The van der Waals surface area contributed by atoms with Gasteiger partial charge in [0.2, 0.25) is 5.91 Å². The summed E-state index contributed by atoms with van der Waals surface area (Å²) in [5.74, 6) is -0.251. The van der Waals surface area contributed by atoms with Crippen molar-refractivity contribution < 1.29 is 22.4 Å². The Bertz CT molecular complexity index is 737. The van der Waals surface area contributed by atoms with Crippen LogP contribution in [0.25, 0.3) is 0 Å². The number of nitrogens with one attached hydrogen (secondary N) is 2. The molecule has 0 unspecified atom stereocenters. The van der Waals surface area contributed by atoms with Crippen LogP contribution in [0.15, 0.2) is 18.2 Å². The standard InChI is InChI=1S/C21H29F4N3O/c1-12(2)8-18(26-3)20(29)27-17-6-4-13-10-28(11-15(13)17)19-7-5-14(22)9-16(19)21(23,24)25/h5,7,9,12-13,15,17-18,26H,4,6,8,10-11H2,1-3H3,(H,27,29)/t13-,15+,17+,18+/m1/s1. The Morgan fingerprint density at radius 3 is 2.59 bits per heavy atom. The van der Waals surface area contributed by atoms with Gasteiger partial charge in [0.1, 0.15) is 5.82 Å². The fourth-order valence-electron chi connectivity index (χ4n) is 4.76. The van der Waals surface area contributed by atoms with Crippen molar-refractivity contribution in [2.24, 2.45) is 17.8 Å². The summed E-state index contributed by atoms with van der Waals surface area (Å²) in [6, 6.07) is 2.52. The highest BCUT2D eigenvalue weighted by molar-refractivity contribution is 5.82. The Kier molecular flexibility index (Phi) is 6.41. The molecular weight excluding hydrogens is 386 g/mol. The molecule has 1 heterocycles. The summed E-state index contributed by atoms with van der Waals surface area (Å²) in [5, 5.41) is 6.17. The van der Waals surface area contributed by atoms with Crippen molar-refractivity contribution >= 4 is 11.6 Å². The van der Waals surface area contributed by atoms with E-state index in [9.17, 15) is 22.4 Å². The minimum absolute atomic E-state index is 0.0197. The number of likely N-dealkylation sites (N-methyl/N-ethyl adjacent to an activating group) is 1. The van der Waals surface area contributed by atoms with Gasteiger partial charge in [-0.1, -0.05) is 13.8 Å². The van der Waals surface area contributed by atoms with Crippen molar-refractivity contribution in [3.05, 3.63) is 29.6 Å². The van der Waals surface area contributed by atoms with E-state index >= 15 is 0 Å². The van der Waals surface area contributed by atoms with Gasteiger partial charge in [-0.3, -0.25) is 4.79 Å². The molecule has 2 N–H and O–H groups in total. The molecular formula is C21H29F4N3O. The Hall–Kier alpha value is -1.83. The lowest BCUT2D eigenvalue weighted by Gasteiger charge is -2.27. The summed E-state index contributed by atoms with van der Waals surface area (Å²) in [6.45, 7) is 5.03. The SMILES string of the molecule is CN[C@@H](CC(C)C)C(=O)N[C@H]1CC[C@@H]2CN(c3ccc(F)cc3C(F)(F)F)C[C@@H]21. The molecule has 0 aromatic heterocycles. The van der Waals surface area contributed by atoms with E-state index in [-0.39, 0.29) is 35.5 Å². The number of rotatable bonds is 6. The van der Waals surface area contributed by atoms with Crippen molar-refractivity contribution in [1.29, 1.82) is 0 Å². The second-order valence-electron chi connectivity index (χ2n) is 8.65. The topological polar surface area (TPSA) is 44.4 Å². The number of carbonyl (C=O) groups excluding carboxylic acids is 1. The number of amides is 1. The minimum atomic E-state index is -4.61. The average Bonchev–Trinajstić information content (AvgIpc) is 3.20. The predicted octanol–water partition coefficient (Wildman–Crippen LogP) is 3.81. The van der Waals surface area contributed by atoms with Gasteiger partial charge in [0.25, 0.3) is 0 Å². The quantitative estimate of drug-likeness (QED) is 0.695. The van der Waals surface area contributed by atoms with E-state index in [0.29, 0.717) is 25.1 Å². The average molecular weight is 415 g/mol. The third-order valence-corrected chi connectivity index (χ3v) is 6.16. The summed E-state index contributed by atoms with van der Waals surface area (Å²) in [6.07, 6.45) is -2.19. The van der Waals surface area contributed by atoms with E-state index in [1.165, 1.54) is 6.07 Å². The monoisotopic (exact) mass is 415 g/mol. The molecule has 1 aromatic rings. The lowest BCUT2D eigenvalue weighted by molar-refractivity contribution is -0.137. The largest absolute Gasteiger partial charge is 0.418 e. The molecule has 1 aliphatic heterocycles. The smallest absolute Gasteiger partial charge is 0.370 e. The van der Waals surface area contributed by atoms with Gasteiger partial charge < -0.3 is 15.5 Å². The second-order valence-corrected chi connectivity index (χ2v) is 8.65. The maximum Gasteiger partial charge on any atom is 0.418 e. The van der Waals surface area contributed by atoms with Crippen molar-refractivity contribution in [3.63, 3.8) is 0 Å². The molecule has 1 saturated heterocycles. The lowest BCUT2D eigenvalue weighted by Crippen LogP contribution is -2.49. The molecule has 8 heteroatoms. The van der Waals surface area contributed by atoms with E-state index in [1.807, 2.05) is 0 Å². The van der Waals surface area contributed by atoms with Crippen LogP contribution in [-0.2, 0) is 11.0 Å². The molecule has 1 aliphatic carbocycles. The molecule has 1 amide bonds. The number of anilines is 1. The number of alkyl halides is 3. The molecule has 1 aromatic carbocycles. The zero-order valence-corrected chi connectivity index (χ0v) is 17.0. The van der Waals surface area contributed by atoms with Crippen molar-refractivity contribution in [3.8, 4) is 0 Å². The van der Waals surface area contributed by atoms with Gasteiger partial charge in [-0.25, -0.2) is 4.39 Å². The lowest BCUT2D eigenvalue weighted by atomic mass is 9.97. The highest BCUT2D eigenvalue weighted by Gasteiger charge is 2.45. The van der Waals surface area contributed by atoms with Crippen LogP contribution in [0, 0.1) is 23.6 Å². The van der Waals surface area contributed by atoms with Crippen LogP contribution in [0.1, 0.15) is 38.7 Å². The van der Waals surface area contributed by atoms with Crippen LogP contribution in [0.2, 0.25) is 0 Å². The van der Waals surface area contributed by atoms with Gasteiger partial charge in [0, 0.05) is 30.7 Å². The maximum atomic E-state index is 13.4. The van der Waals surface area contributed by atoms with Crippen LogP contribution in [-0.4, -0.2) is 38.1 Å². The summed E-state index contributed by atoms with van der Waals surface area (Å²) in [4.78, 5) is 14.3. The molecule has 0 spiro atoms.